The molecule has 0 saturated heterocycles. The van der Waals surface area contributed by atoms with Gasteiger partial charge in [0.15, 0.2) is 0 Å². The predicted molar refractivity (Wildman–Crippen MR) is 90.5 cm³/mol. The Morgan fingerprint density at radius 1 is 1.15 bits per heavy atom. The second-order valence-corrected chi connectivity index (χ2v) is 6.71. The van der Waals surface area contributed by atoms with E-state index in [1.807, 2.05) is 0 Å². The van der Waals surface area contributed by atoms with Gasteiger partial charge in [0, 0.05) is 26.7 Å². The molecule has 26 heavy (non-hydrogen) atoms. The van der Waals surface area contributed by atoms with Crippen LogP contribution in [0.25, 0.3) is 0 Å². The third-order valence-electron chi connectivity index (χ3n) is 3.15. The summed E-state index contributed by atoms with van der Waals surface area (Å²) in [5.74, 6) is 0. The highest BCUT2D eigenvalue weighted by Crippen LogP contribution is 2.29. The first-order valence-corrected chi connectivity index (χ1v) is 8.00. The van der Waals surface area contributed by atoms with Crippen molar-refractivity contribution in [2.24, 2.45) is 0 Å². The quantitative estimate of drug-likeness (QED) is 0.829. The molecule has 0 aromatic heterocycles. The lowest BCUT2D eigenvalue weighted by molar-refractivity contribution is -0.137. The van der Waals surface area contributed by atoms with Crippen molar-refractivity contribution < 1.29 is 27.5 Å². The molecule has 0 aliphatic carbocycles. The molecule has 0 saturated carbocycles. The van der Waals surface area contributed by atoms with Gasteiger partial charge >= 0.3 is 18.3 Å². The molecule has 3 amide bonds. The number of hydrogen-bond donors (Lipinski definition) is 2. The van der Waals surface area contributed by atoms with Crippen LogP contribution in [0.5, 0.6) is 0 Å². The number of hydrogen-bond acceptors (Lipinski definition) is 3. The number of benzene rings is 1. The summed E-state index contributed by atoms with van der Waals surface area (Å²) in [6.45, 7) is 5.60. The number of amides is 3. The lowest BCUT2D eigenvalue weighted by Crippen LogP contribution is -2.42. The summed E-state index contributed by atoms with van der Waals surface area (Å²) in [7, 11) is 1.54. The van der Waals surface area contributed by atoms with E-state index in [1.54, 1.807) is 20.8 Å². The molecule has 2 N–H and O–H groups in total. The minimum Gasteiger partial charge on any atom is -0.444 e. The number of nitrogens with one attached hydrogen (secondary N) is 2. The third-order valence-corrected chi connectivity index (χ3v) is 3.15. The van der Waals surface area contributed by atoms with Crippen molar-refractivity contribution in [3.63, 3.8) is 0 Å². The summed E-state index contributed by atoms with van der Waals surface area (Å²) < 4.78 is 43.1. The zero-order chi connectivity index (χ0) is 20.0. The first kappa shape index (κ1) is 21.6. The highest BCUT2D eigenvalue weighted by molar-refractivity contribution is 5.74. The standard InChI is InChI=1S/C17H24F3N3O3/c1-16(2,3)26-15(25)23(4)9-8-21-14(24)22-11-12-6-5-7-13(10-12)17(18,19)20/h5-7,10H,8-9,11H2,1-4H3,(H2,21,22,24). The van der Waals surface area contributed by atoms with Gasteiger partial charge in [0.05, 0.1) is 5.56 Å². The van der Waals surface area contributed by atoms with Crippen molar-refractivity contribution in [3.8, 4) is 0 Å². The topological polar surface area (TPSA) is 70.7 Å². The van der Waals surface area contributed by atoms with E-state index in [0.717, 1.165) is 12.1 Å². The fourth-order valence-corrected chi connectivity index (χ4v) is 1.87. The molecule has 146 valence electrons. The number of nitrogens with zero attached hydrogens (tertiary/aromatic N) is 1. The maximum atomic E-state index is 12.6. The number of urea groups is 1. The van der Waals surface area contributed by atoms with Gasteiger partial charge < -0.3 is 20.3 Å². The number of rotatable bonds is 5. The number of halogens is 3. The Morgan fingerprint density at radius 2 is 1.81 bits per heavy atom. The van der Waals surface area contributed by atoms with E-state index in [4.69, 9.17) is 4.74 Å². The second kappa shape index (κ2) is 8.77. The van der Waals surface area contributed by atoms with Crippen LogP contribution in [-0.2, 0) is 17.5 Å². The molecule has 0 spiro atoms. The third kappa shape index (κ3) is 8.09. The van der Waals surface area contributed by atoms with E-state index in [1.165, 1.54) is 24.1 Å². The monoisotopic (exact) mass is 375 g/mol. The molecule has 0 atom stereocenters. The van der Waals surface area contributed by atoms with Gasteiger partial charge in [0.2, 0.25) is 0 Å². The van der Waals surface area contributed by atoms with E-state index in [2.05, 4.69) is 10.6 Å². The van der Waals surface area contributed by atoms with Crippen LogP contribution >= 0.6 is 0 Å². The molecule has 1 rings (SSSR count). The van der Waals surface area contributed by atoms with Gasteiger partial charge in [0.25, 0.3) is 0 Å². The average Bonchev–Trinajstić information content (AvgIpc) is 2.50. The van der Waals surface area contributed by atoms with Crippen molar-refractivity contribution in [2.45, 2.75) is 39.1 Å². The summed E-state index contributed by atoms with van der Waals surface area (Å²) >= 11 is 0. The van der Waals surface area contributed by atoms with Crippen LogP contribution in [0.15, 0.2) is 24.3 Å². The van der Waals surface area contributed by atoms with Gasteiger partial charge in [-0.05, 0) is 38.5 Å². The Kier molecular flexibility index (Phi) is 7.29. The van der Waals surface area contributed by atoms with E-state index in [-0.39, 0.29) is 19.6 Å². The molecule has 1 aromatic rings. The Morgan fingerprint density at radius 3 is 2.38 bits per heavy atom. The molecule has 1 aromatic carbocycles. The molecule has 0 bridgehead atoms. The Labute approximate surface area is 150 Å². The van der Waals surface area contributed by atoms with E-state index < -0.39 is 29.5 Å². The lowest BCUT2D eigenvalue weighted by Gasteiger charge is -2.24. The van der Waals surface area contributed by atoms with Crippen molar-refractivity contribution in [2.75, 3.05) is 20.1 Å². The second-order valence-electron chi connectivity index (χ2n) is 6.71. The smallest absolute Gasteiger partial charge is 0.416 e. The first-order chi connectivity index (χ1) is 11.9. The Hall–Kier alpha value is -2.45. The molecular weight excluding hydrogens is 351 g/mol. The van der Waals surface area contributed by atoms with Gasteiger partial charge in [-0.15, -0.1) is 0 Å². The molecular formula is C17H24F3N3O3. The van der Waals surface area contributed by atoms with Crippen LogP contribution in [0.4, 0.5) is 22.8 Å². The maximum Gasteiger partial charge on any atom is 0.416 e. The van der Waals surface area contributed by atoms with Crippen LogP contribution in [0.1, 0.15) is 31.9 Å². The lowest BCUT2D eigenvalue weighted by atomic mass is 10.1. The minimum absolute atomic E-state index is 0.0440. The highest BCUT2D eigenvalue weighted by Gasteiger charge is 2.30. The van der Waals surface area contributed by atoms with Crippen molar-refractivity contribution in [3.05, 3.63) is 35.4 Å². The zero-order valence-electron chi connectivity index (χ0n) is 15.2. The number of likely N-dealkylation sites (N-methyl/N-ethyl adjacent to an activating group) is 1. The number of alkyl halides is 3. The summed E-state index contributed by atoms with van der Waals surface area (Å²) in [4.78, 5) is 24.8. The largest absolute Gasteiger partial charge is 0.444 e. The van der Waals surface area contributed by atoms with Crippen LogP contribution in [0, 0.1) is 0 Å². The first-order valence-electron chi connectivity index (χ1n) is 8.00. The molecule has 0 aliphatic heterocycles. The van der Waals surface area contributed by atoms with Crippen LogP contribution in [-0.4, -0.2) is 42.8 Å². The van der Waals surface area contributed by atoms with Gasteiger partial charge in [-0.3, -0.25) is 0 Å². The van der Waals surface area contributed by atoms with Crippen LogP contribution in [0.3, 0.4) is 0 Å². The Bertz CT molecular complexity index is 628. The fraction of sp³-hybridized carbons (Fsp3) is 0.529. The zero-order valence-corrected chi connectivity index (χ0v) is 15.2. The normalized spacial score (nSPS) is 11.7. The Balaban J connectivity index is 2.36. The predicted octanol–water partition coefficient (Wildman–Crippen LogP) is 3.37. The van der Waals surface area contributed by atoms with Crippen molar-refractivity contribution in [1.29, 1.82) is 0 Å². The SMILES string of the molecule is CN(CCNC(=O)NCc1cccc(C(F)(F)F)c1)C(=O)OC(C)(C)C. The number of carbonyl (C=O) groups is 2. The van der Waals surface area contributed by atoms with E-state index in [0.29, 0.717) is 5.56 Å². The summed E-state index contributed by atoms with van der Waals surface area (Å²) in [6.07, 6.45) is -4.94. The van der Waals surface area contributed by atoms with Gasteiger partial charge in [0.1, 0.15) is 5.60 Å². The molecule has 0 aliphatic rings. The van der Waals surface area contributed by atoms with Gasteiger partial charge in [-0.1, -0.05) is 12.1 Å². The molecule has 0 unspecified atom stereocenters. The molecule has 0 fully saturated rings. The van der Waals surface area contributed by atoms with E-state index >= 15 is 0 Å². The van der Waals surface area contributed by atoms with Gasteiger partial charge in [-0.25, -0.2) is 9.59 Å². The number of carbonyl (C=O) groups excluding carboxylic acids is 2. The summed E-state index contributed by atoms with van der Waals surface area (Å²) in [6, 6.07) is 4.19. The van der Waals surface area contributed by atoms with Crippen LogP contribution in [0.2, 0.25) is 0 Å². The molecule has 0 radical (unpaired) electrons. The fourth-order valence-electron chi connectivity index (χ4n) is 1.87. The van der Waals surface area contributed by atoms with Crippen molar-refractivity contribution >= 4 is 12.1 Å². The molecule has 9 heteroatoms. The average molecular weight is 375 g/mol. The number of ether oxygens (including phenoxy) is 1. The highest BCUT2D eigenvalue weighted by atomic mass is 19.4. The summed E-state index contributed by atoms with van der Waals surface area (Å²) in [5.41, 5.74) is -1.04. The maximum absolute atomic E-state index is 12.6. The summed E-state index contributed by atoms with van der Waals surface area (Å²) in [5, 5.41) is 4.99. The molecule has 6 nitrogen and oxygen atoms in total. The molecule has 0 heterocycles. The van der Waals surface area contributed by atoms with Crippen molar-refractivity contribution in [1.82, 2.24) is 15.5 Å². The minimum atomic E-state index is -4.43. The van der Waals surface area contributed by atoms with Crippen LogP contribution < -0.4 is 10.6 Å². The van der Waals surface area contributed by atoms with Gasteiger partial charge in [-0.2, -0.15) is 13.2 Å². The van der Waals surface area contributed by atoms with E-state index in [9.17, 15) is 22.8 Å².